The molecule has 0 radical (unpaired) electrons. The van der Waals surface area contributed by atoms with Crippen LogP contribution < -0.4 is 23.7 Å². The minimum atomic E-state index is 0.540. The lowest BCUT2D eigenvalue weighted by Gasteiger charge is -2.15. The van der Waals surface area contributed by atoms with Crippen molar-refractivity contribution in [2.24, 2.45) is 0 Å². The third-order valence-corrected chi connectivity index (χ3v) is 7.18. The molecular formula is C36H34N2O5. The topological polar surface area (TPSA) is 71.9 Å². The van der Waals surface area contributed by atoms with Crippen LogP contribution in [-0.4, -0.2) is 45.5 Å². The van der Waals surface area contributed by atoms with Gasteiger partial charge in [-0.1, -0.05) is 42.5 Å². The van der Waals surface area contributed by atoms with Crippen LogP contribution in [0, 0.1) is 6.92 Å². The van der Waals surface area contributed by atoms with Crippen LogP contribution in [0.3, 0.4) is 0 Å². The standard InChI is InChI=1S/C36H34N2O5/c1-23-16-29(22-37-34(23)26-14-15-30(39-2)31(18-26)40-3)35-25(13-12-24-10-8-7-9-11-24)17-28(21-38-35)27-19-32(41-4)36(43-6)33(20-27)42-5/h7-22H,1-6H3. The van der Waals surface area contributed by atoms with Crippen molar-refractivity contribution in [1.29, 1.82) is 0 Å². The van der Waals surface area contributed by atoms with Gasteiger partial charge in [-0.3, -0.25) is 9.97 Å². The van der Waals surface area contributed by atoms with Crippen LogP contribution in [0.25, 0.3) is 45.8 Å². The summed E-state index contributed by atoms with van der Waals surface area (Å²) in [7, 11) is 8.06. The summed E-state index contributed by atoms with van der Waals surface area (Å²) in [6.07, 6.45) is 7.88. The van der Waals surface area contributed by atoms with E-state index < -0.39 is 0 Å². The van der Waals surface area contributed by atoms with E-state index >= 15 is 0 Å². The molecule has 3 aromatic carbocycles. The Kier molecular flexibility index (Phi) is 8.91. The molecule has 0 amide bonds. The highest BCUT2D eigenvalue weighted by atomic mass is 16.5. The molecule has 2 aromatic heterocycles. The minimum Gasteiger partial charge on any atom is -0.493 e. The van der Waals surface area contributed by atoms with Gasteiger partial charge in [0.1, 0.15) is 0 Å². The molecule has 5 aromatic rings. The van der Waals surface area contributed by atoms with Crippen molar-refractivity contribution < 1.29 is 23.7 Å². The van der Waals surface area contributed by atoms with Gasteiger partial charge >= 0.3 is 0 Å². The third-order valence-electron chi connectivity index (χ3n) is 7.18. The maximum atomic E-state index is 5.60. The first kappa shape index (κ1) is 29.2. The van der Waals surface area contributed by atoms with E-state index in [-0.39, 0.29) is 0 Å². The number of methoxy groups -OCH3 is 5. The summed E-state index contributed by atoms with van der Waals surface area (Å²) >= 11 is 0. The molecule has 0 N–H and O–H groups in total. The number of hydrogen-bond acceptors (Lipinski definition) is 7. The lowest BCUT2D eigenvalue weighted by atomic mass is 9.98. The Bertz CT molecular complexity index is 1740. The highest BCUT2D eigenvalue weighted by Gasteiger charge is 2.17. The van der Waals surface area contributed by atoms with Crippen LogP contribution in [-0.2, 0) is 0 Å². The zero-order valence-corrected chi connectivity index (χ0v) is 25.2. The molecule has 7 nitrogen and oxygen atoms in total. The first-order chi connectivity index (χ1) is 21.0. The summed E-state index contributed by atoms with van der Waals surface area (Å²) in [4.78, 5) is 9.80. The average molecular weight is 575 g/mol. The molecule has 218 valence electrons. The molecular weight excluding hydrogens is 540 g/mol. The highest BCUT2D eigenvalue weighted by Crippen LogP contribution is 2.42. The second-order valence-corrected chi connectivity index (χ2v) is 9.78. The van der Waals surface area contributed by atoms with Crippen molar-refractivity contribution >= 4 is 12.2 Å². The summed E-state index contributed by atoms with van der Waals surface area (Å²) < 4.78 is 27.6. The number of hydrogen-bond donors (Lipinski definition) is 0. The summed E-state index contributed by atoms with van der Waals surface area (Å²) in [6.45, 7) is 2.05. The molecule has 43 heavy (non-hydrogen) atoms. The van der Waals surface area contributed by atoms with E-state index in [1.807, 2.05) is 67.8 Å². The Morgan fingerprint density at radius 3 is 1.77 bits per heavy atom. The third kappa shape index (κ3) is 6.16. The van der Waals surface area contributed by atoms with Crippen LogP contribution in [0.5, 0.6) is 28.7 Å². The fourth-order valence-electron chi connectivity index (χ4n) is 5.00. The van der Waals surface area contributed by atoms with Crippen molar-refractivity contribution in [2.45, 2.75) is 6.92 Å². The van der Waals surface area contributed by atoms with Crippen molar-refractivity contribution in [3.8, 4) is 62.4 Å². The van der Waals surface area contributed by atoms with Gasteiger partial charge in [-0.15, -0.1) is 0 Å². The van der Waals surface area contributed by atoms with Gasteiger partial charge in [-0.25, -0.2) is 0 Å². The Morgan fingerprint density at radius 1 is 0.512 bits per heavy atom. The maximum Gasteiger partial charge on any atom is 0.203 e. The Labute approximate surface area is 252 Å². The van der Waals surface area contributed by atoms with Gasteiger partial charge in [0, 0.05) is 34.6 Å². The van der Waals surface area contributed by atoms with E-state index in [1.54, 1.807) is 35.5 Å². The minimum absolute atomic E-state index is 0.540. The normalized spacial score (nSPS) is 10.9. The summed E-state index contributed by atoms with van der Waals surface area (Å²) in [6, 6.07) is 24.0. The predicted molar refractivity (Wildman–Crippen MR) is 171 cm³/mol. The Morgan fingerprint density at radius 2 is 1.14 bits per heavy atom. The first-order valence-corrected chi connectivity index (χ1v) is 13.7. The van der Waals surface area contributed by atoms with Crippen LogP contribution >= 0.6 is 0 Å². The number of benzene rings is 3. The number of ether oxygens (including phenoxy) is 5. The fourth-order valence-corrected chi connectivity index (χ4v) is 5.00. The molecule has 7 heteroatoms. The second-order valence-electron chi connectivity index (χ2n) is 9.78. The average Bonchev–Trinajstić information content (AvgIpc) is 3.06. The van der Waals surface area contributed by atoms with Gasteiger partial charge in [-0.05, 0) is 66.1 Å². The molecule has 2 heterocycles. The van der Waals surface area contributed by atoms with Gasteiger partial charge in [-0.2, -0.15) is 0 Å². The molecule has 0 saturated carbocycles. The van der Waals surface area contributed by atoms with Crippen molar-refractivity contribution in [3.63, 3.8) is 0 Å². The molecule has 0 unspecified atom stereocenters. The highest BCUT2D eigenvalue weighted by molar-refractivity contribution is 5.83. The zero-order valence-electron chi connectivity index (χ0n) is 25.2. The number of nitrogens with zero attached hydrogens (tertiary/aromatic N) is 2. The molecule has 0 fully saturated rings. The second kappa shape index (κ2) is 13.1. The Hall–Kier alpha value is -5.30. The molecule has 0 saturated heterocycles. The number of pyridine rings is 2. The first-order valence-electron chi connectivity index (χ1n) is 13.7. The van der Waals surface area contributed by atoms with E-state index in [2.05, 4.69) is 36.4 Å². The van der Waals surface area contributed by atoms with Gasteiger partial charge in [0.05, 0.1) is 46.9 Å². The van der Waals surface area contributed by atoms with E-state index in [4.69, 9.17) is 33.7 Å². The monoisotopic (exact) mass is 574 g/mol. The Balaban J connectivity index is 1.60. The smallest absolute Gasteiger partial charge is 0.203 e. The van der Waals surface area contributed by atoms with Crippen molar-refractivity contribution in [3.05, 3.63) is 102 Å². The molecule has 5 rings (SSSR count). The SMILES string of the molecule is COc1ccc(-c2ncc(-c3ncc(-c4cc(OC)c(OC)c(OC)c4)cc3C=Cc3ccccc3)cc2C)cc1OC. The van der Waals surface area contributed by atoms with E-state index in [9.17, 15) is 0 Å². The van der Waals surface area contributed by atoms with Gasteiger partial charge in [0.2, 0.25) is 5.75 Å². The summed E-state index contributed by atoms with van der Waals surface area (Å²) in [5.74, 6) is 3.02. The van der Waals surface area contributed by atoms with Crippen LogP contribution in [0.4, 0.5) is 0 Å². The largest absolute Gasteiger partial charge is 0.493 e. The maximum absolute atomic E-state index is 5.60. The molecule has 0 spiro atoms. The molecule has 0 atom stereocenters. The lowest BCUT2D eigenvalue weighted by Crippen LogP contribution is -1.97. The van der Waals surface area contributed by atoms with E-state index in [1.165, 1.54) is 0 Å². The van der Waals surface area contributed by atoms with E-state index in [0.717, 1.165) is 50.3 Å². The molecule has 0 aliphatic rings. The quantitative estimate of drug-likeness (QED) is 0.167. The number of rotatable bonds is 10. The van der Waals surface area contributed by atoms with Crippen molar-refractivity contribution in [1.82, 2.24) is 9.97 Å². The zero-order chi connectivity index (χ0) is 30.3. The number of aromatic nitrogens is 2. The molecule has 0 aliphatic heterocycles. The van der Waals surface area contributed by atoms with Crippen LogP contribution in [0.15, 0.2) is 85.2 Å². The fraction of sp³-hybridized carbons (Fsp3) is 0.167. The lowest BCUT2D eigenvalue weighted by molar-refractivity contribution is 0.324. The molecule has 0 bridgehead atoms. The number of aryl methyl sites for hydroxylation is 1. The van der Waals surface area contributed by atoms with Gasteiger partial charge < -0.3 is 23.7 Å². The molecule has 0 aliphatic carbocycles. The van der Waals surface area contributed by atoms with Crippen LogP contribution in [0.1, 0.15) is 16.7 Å². The van der Waals surface area contributed by atoms with Gasteiger partial charge in [0.25, 0.3) is 0 Å². The van der Waals surface area contributed by atoms with E-state index in [0.29, 0.717) is 28.7 Å². The predicted octanol–water partition coefficient (Wildman–Crippen LogP) is 8.00. The summed E-state index contributed by atoms with van der Waals surface area (Å²) in [5, 5.41) is 0. The van der Waals surface area contributed by atoms with Gasteiger partial charge in [0.15, 0.2) is 23.0 Å². The van der Waals surface area contributed by atoms with Crippen LogP contribution in [0.2, 0.25) is 0 Å². The summed E-state index contributed by atoms with van der Waals surface area (Å²) in [5.41, 5.74) is 8.36. The van der Waals surface area contributed by atoms with Crippen molar-refractivity contribution in [2.75, 3.05) is 35.5 Å².